The second-order valence-electron chi connectivity index (χ2n) is 6.38. The molecule has 0 heterocycles. The van der Waals surface area contributed by atoms with Crippen LogP contribution in [0.1, 0.15) is 30.0 Å². The van der Waals surface area contributed by atoms with E-state index in [1.165, 1.54) is 5.56 Å². The average Bonchev–Trinajstić information content (AvgIpc) is 2.66. The van der Waals surface area contributed by atoms with Crippen molar-refractivity contribution in [1.82, 2.24) is 10.9 Å². The van der Waals surface area contributed by atoms with Gasteiger partial charge in [-0.05, 0) is 35.2 Å². The predicted molar refractivity (Wildman–Crippen MR) is 108 cm³/mol. The van der Waals surface area contributed by atoms with Gasteiger partial charge in [-0.2, -0.15) is 0 Å². The Balaban J connectivity index is 1.69. The second kappa shape index (κ2) is 8.34. The summed E-state index contributed by atoms with van der Waals surface area (Å²) in [5.74, 6) is -0.0598. The van der Waals surface area contributed by atoms with Gasteiger partial charge in [0.2, 0.25) is 5.91 Å². The molecule has 0 unspecified atom stereocenters. The van der Waals surface area contributed by atoms with E-state index >= 15 is 0 Å². The Morgan fingerprint density at radius 1 is 0.923 bits per heavy atom. The van der Waals surface area contributed by atoms with Crippen LogP contribution in [0, 0.1) is 6.92 Å². The molecule has 3 aromatic rings. The normalized spacial score (nSPS) is 11.4. The van der Waals surface area contributed by atoms with Gasteiger partial charge in [-0.1, -0.05) is 85.3 Å². The molecule has 0 atom stereocenters. The van der Waals surface area contributed by atoms with Crippen LogP contribution < -0.4 is 10.9 Å². The van der Waals surface area contributed by atoms with Crippen LogP contribution in [0.25, 0.3) is 16.5 Å². The number of carbonyl (C=O) groups is 1. The van der Waals surface area contributed by atoms with Crippen molar-refractivity contribution in [1.29, 1.82) is 0 Å². The number of rotatable bonds is 6. The summed E-state index contributed by atoms with van der Waals surface area (Å²) in [4.78, 5) is 12.4. The van der Waals surface area contributed by atoms with E-state index in [1.807, 2.05) is 24.3 Å². The number of benzene rings is 3. The highest BCUT2D eigenvalue weighted by molar-refractivity contribution is 5.90. The van der Waals surface area contributed by atoms with Crippen molar-refractivity contribution in [3.8, 4) is 0 Å². The fourth-order valence-corrected chi connectivity index (χ4v) is 2.98. The zero-order valence-corrected chi connectivity index (χ0v) is 15.3. The zero-order chi connectivity index (χ0) is 18.4. The number of allylic oxidation sites excluding steroid dienone is 1. The summed E-state index contributed by atoms with van der Waals surface area (Å²) in [5.41, 5.74) is 10.1. The van der Waals surface area contributed by atoms with E-state index in [2.05, 4.69) is 73.2 Å². The molecule has 0 fully saturated rings. The van der Waals surface area contributed by atoms with Crippen molar-refractivity contribution in [2.24, 2.45) is 0 Å². The molecule has 0 saturated carbocycles. The van der Waals surface area contributed by atoms with Gasteiger partial charge in [0.15, 0.2) is 0 Å². The van der Waals surface area contributed by atoms with E-state index in [0.717, 1.165) is 34.0 Å². The third-order valence-corrected chi connectivity index (χ3v) is 4.34. The third-order valence-electron chi connectivity index (χ3n) is 4.34. The van der Waals surface area contributed by atoms with Gasteiger partial charge in [0, 0.05) is 0 Å². The number of nitrogens with one attached hydrogen (secondary N) is 2. The van der Waals surface area contributed by atoms with E-state index in [9.17, 15) is 4.79 Å². The third kappa shape index (κ3) is 4.31. The second-order valence-corrected chi connectivity index (χ2v) is 6.38. The molecular formula is C23H24N2O. The maximum absolute atomic E-state index is 12.4. The lowest BCUT2D eigenvalue weighted by molar-refractivity contribution is -0.121. The molecule has 1 amide bonds. The Bertz CT molecular complexity index is 921. The molecule has 3 heteroatoms. The Kier molecular flexibility index (Phi) is 5.69. The smallest absolute Gasteiger partial charge is 0.242 e. The van der Waals surface area contributed by atoms with Gasteiger partial charge in [-0.15, -0.1) is 0 Å². The first-order valence-corrected chi connectivity index (χ1v) is 8.96. The van der Waals surface area contributed by atoms with Crippen molar-refractivity contribution in [3.63, 3.8) is 0 Å². The van der Waals surface area contributed by atoms with Crippen molar-refractivity contribution >= 4 is 22.4 Å². The molecule has 2 N–H and O–H groups in total. The van der Waals surface area contributed by atoms with Crippen molar-refractivity contribution in [3.05, 3.63) is 89.5 Å². The highest BCUT2D eigenvalue weighted by Crippen LogP contribution is 2.19. The fourth-order valence-electron chi connectivity index (χ4n) is 2.98. The van der Waals surface area contributed by atoms with E-state index in [4.69, 9.17) is 0 Å². The largest absolute Gasteiger partial charge is 0.298 e. The zero-order valence-electron chi connectivity index (χ0n) is 15.3. The summed E-state index contributed by atoms with van der Waals surface area (Å²) >= 11 is 0. The molecule has 0 aliphatic rings. The molecule has 0 radical (unpaired) electrons. The molecule has 132 valence electrons. The Morgan fingerprint density at radius 3 is 2.42 bits per heavy atom. The maximum Gasteiger partial charge on any atom is 0.242 e. The lowest BCUT2D eigenvalue weighted by Crippen LogP contribution is -2.37. The van der Waals surface area contributed by atoms with Crippen LogP contribution in [0.15, 0.2) is 72.8 Å². The van der Waals surface area contributed by atoms with Crippen molar-refractivity contribution < 1.29 is 4.79 Å². The number of carbonyl (C=O) groups excluding carboxylic acids is 1. The van der Waals surface area contributed by atoms with Gasteiger partial charge in [0.1, 0.15) is 0 Å². The topological polar surface area (TPSA) is 41.1 Å². The minimum atomic E-state index is -0.0598. The van der Waals surface area contributed by atoms with E-state index in [1.54, 1.807) is 0 Å². The highest BCUT2D eigenvalue weighted by atomic mass is 16.2. The standard InChI is InChI=1S/C23H24N2O/c1-3-7-22(19-14-12-17(2)13-15-19)24-25-23(26)16-20-10-6-9-18-8-4-5-11-21(18)20/h4-15,24H,3,16H2,1-2H3,(H,25,26). The number of hydrazine groups is 1. The lowest BCUT2D eigenvalue weighted by Gasteiger charge is -2.14. The molecule has 0 aromatic heterocycles. The summed E-state index contributed by atoms with van der Waals surface area (Å²) in [6.45, 7) is 4.14. The van der Waals surface area contributed by atoms with Gasteiger partial charge in [0.25, 0.3) is 0 Å². The first kappa shape index (κ1) is 17.7. The number of aryl methyl sites for hydroxylation is 1. The summed E-state index contributed by atoms with van der Waals surface area (Å²) in [5, 5.41) is 2.27. The number of fused-ring (bicyclic) bond motifs is 1. The molecular weight excluding hydrogens is 320 g/mol. The maximum atomic E-state index is 12.4. The van der Waals surface area contributed by atoms with Crippen LogP contribution >= 0.6 is 0 Å². The molecule has 3 aromatic carbocycles. The summed E-state index contributed by atoms with van der Waals surface area (Å²) in [7, 11) is 0. The minimum absolute atomic E-state index is 0.0598. The minimum Gasteiger partial charge on any atom is -0.298 e. The Morgan fingerprint density at radius 2 is 1.65 bits per heavy atom. The lowest BCUT2D eigenvalue weighted by atomic mass is 10.0. The number of amides is 1. The summed E-state index contributed by atoms with van der Waals surface area (Å²) in [6.07, 6.45) is 3.29. The van der Waals surface area contributed by atoms with Gasteiger partial charge in [-0.3, -0.25) is 15.6 Å². The van der Waals surface area contributed by atoms with Crippen LogP contribution in [0.3, 0.4) is 0 Å². The SMILES string of the molecule is CCC=C(NNC(=O)Cc1cccc2ccccc12)c1ccc(C)cc1. The molecule has 26 heavy (non-hydrogen) atoms. The summed E-state index contributed by atoms with van der Waals surface area (Å²) < 4.78 is 0. The van der Waals surface area contributed by atoms with Crippen LogP contribution in [0.5, 0.6) is 0 Å². The quantitative estimate of drug-likeness (QED) is 0.633. The van der Waals surface area contributed by atoms with Crippen LogP contribution in [0.4, 0.5) is 0 Å². The monoisotopic (exact) mass is 344 g/mol. The van der Waals surface area contributed by atoms with E-state index < -0.39 is 0 Å². The number of hydrogen-bond donors (Lipinski definition) is 2. The van der Waals surface area contributed by atoms with E-state index in [0.29, 0.717) is 6.42 Å². The van der Waals surface area contributed by atoms with Crippen molar-refractivity contribution in [2.45, 2.75) is 26.7 Å². The van der Waals surface area contributed by atoms with Crippen LogP contribution in [-0.2, 0) is 11.2 Å². The van der Waals surface area contributed by atoms with Crippen molar-refractivity contribution in [2.75, 3.05) is 0 Å². The van der Waals surface area contributed by atoms with Gasteiger partial charge < -0.3 is 0 Å². The van der Waals surface area contributed by atoms with Gasteiger partial charge >= 0.3 is 0 Å². The first-order valence-electron chi connectivity index (χ1n) is 8.96. The Hall–Kier alpha value is -3.07. The highest BCUT2D eigenvalue weighted by Gasteiger charge is 2.08. The predicted octanol–water partition coefficient (Wildman–Crippen LogP) is 4.76. The molecule has 0 aliphatic carbocycles. The average molecular weight is 344 g/mol. The molecule has 3 rings (SSSR count). The molecule has 3 nitrogen and oxygen atoms in total. The molecule has 0 bridgehead atoms. The number of hydrogen-bond acceptors (Lipinski definition) is 2. The van der Waals surface area contributed by atoms with Gasteiger partial charge in [0.05, 0.1) is 12.1 Å². The Labute approximate surface area is 154 Å². The van der Waals surface area contributed by atoms with Crippen LogP contribution in [0.2, 0.25) is 0 Å². The fraction of sp³-hybridized carbons (Fsp3) is 0.174. The first-order chi connectivity index (χ1) is 12.7. The van der Waals surface area contributed by atoms with Gasteiger partial charge in [-0.25, -0.2) is 0 Å². The molecule has 0 spiro atoms. The van der Waals surface area contributed by atoms with Crippen LogP contribution in [-0.4, -0.2) is 5.91 Å². The van der Waals surface area contributed by atoms with E-state index in [-0.39, 0.29) is 5.91 Å². The molecule has 0 saturated heterocycles. The molecule has 0 aliphatic heterocycles. The summed E-state index contributed by atoms with van der Waals surface area (Å²) in [6, 6.07) is 22.4.